The standard InChI is InChI=1S/C29H37FN2O3/c1-5-6-7-8-9-18-32(19-21-10-12-22(13-11-21)29(2,3)4)27(26-25(33)20-35-28(26)34)31-24-16-14-23(30)15-17-24/h10-17,31H,5-9,18-20H2,1-4H3. The lowest BCUT2D eigenvalue weighted by atomic mass is 9.87. The minimum absolute atomic E-state index is 0.0224. The summed E-state index contributed by atoms with van der Waals surface area (Å²) < 4.78 is 18.6. The minimum atomic E-state index is -0.626. The molecule has 2 aromatic carbocycles. The second kappa shape index (κ2) is 12.0. The second-order valence-electron chi connectivity index (χ2n) is 10.1. The molecule has 1 saturated heterocycles. The molecule has 0 atom stereocenters. The Labute approximate surface area is 208 Å². The molecule has 35 heavy (non-hydrogen) atoms. The molecule has 2 aromatic rings. The average molecular weight is 481 g/mol. The van der Waals surface area contributed by atoms with Crippen LogP contribution in [0.2, 0.25) is 0 Å². The number of hydrogen-bond acceptors (Lipinski definition) is 5. The molecule has 0 amide bonds. The van der Waals surface area contributed by atoms with Gasteiger partial charge in [-0.25, -0.2) is 9.18 Å². The zero-order chi connectivity index (χ0) is 25.4. The lowest BCUT2D eigenvalue weighted by Gasteiger charge is -2.30. The number of cyclic esters (lactones) is 1. The molecule has 0 bridgehead atoms. The van der Waals surface area contributed by atoms with Crippen LogP contribution >= 0.6 is 0 Å². The molecular formula is C29H37FN2O3. The van der Waals surface area contributed by atoms with Gasteiger partial charge in [0.25, 0.3) is 0 Å². The number of Topliss-reactive ketones (excluding diaryl/α,β-unsaturated/α-hetero) is 1. The van der Waals surface area contributed by atoms with Crippen molar-refractivity contribution in [3.8, 4) is 0 Å². The fraction of sp³-hybridized carbons (Fsp3) is 0.448. The van der Waals surface area contributed by atoms with E-state index in [1.807, 2.05) is 4.90 Å². The number of ether oxygens (including phenoxy) is 1. The first-order valence-electron chi connectivity index (χ1n) is 12.5. The van der Waals surface area contributed by atoms with Gasteiger partial charge in [-0.2, -0.15) is 0 Å². The van der Waals surface area contributed by atoms with Crippen molar-refractivity contribution in [2.75, 3.05) is 18.5 Å². The Morgan fingerprint density at radius 3 is 2.20 bits per heavy atom. The van der Waals surface area contributed by atoms with Crippen LogP contribution in [0, 0.1) is 5.82 Å². The number of nitrogens with one attached hydrogen (secondary N) is 1. The third-order valence-electron chi connectivity index (χ3n) is 6.20. The monoisotopic (exact) mass is 480 g/mol. The van der Waals surface area contributed by atoms with Crippen LogP contribution in [0.1, 0.15) is 70.9 Å². The van der Waals surface area contributed by atoms with Crippen LogP contribution in [0.4, 0.5) is 10.1 Å². The molecule has 0 saturated carbocycles. The molecule has 3 rings (SSSR count). The number of ketones is 1. The number of unbranched alkanes of at least 4 members (excludes halogenated alkanes) is 4. The van der Waals surface area contributed by atoms with E-state index in [-0.39, 0.29) is 29.2 Å². The summed E-state index contributed by atoms with van der Waals surface area (Å²) >= 11 is 0. The summed E-state index contributed by atoms with van der Waals surface area (Å²) in [4.78, 5) is 27.3. The molecule has 1 heterocycles. The largest absolute Gasteiger partial charge is 0.453 e. The number of rotatable bonds is 11. The van der Waals surface area contributed by atoms with Crippen molar-refractivity contribution in [1.82, 2.24) is 4.90 Å². The summed E-state index contributed by atoms with van der Waals surface area (Å²) in [6, 6.07) is 14.3. The van der Waals surface area contributed by atoms with E-state index in [0.717, 1.165) is 31.2 Å². The van der Waals surface area contributed by atoms with Crippen molar-refractivity contribution < 1.29 is 18.7 Å². The smallest absolute Gasteiger partial charge is 0.346 e. The zero-order valence-corrected chi connectivity index (χ0v) is 21.3. The van der Waals surface area contributed by atoms with Crippen LogP contribution in [0.3, 0.4) is 0 Å². The number of esters is 1. The van der Waals surface area contributed by atoms with E-state index in [0.29, 0.717) is 24.6 Å². The van der Waals surface area contributed by atoms with E-state index >= 15 is 0 Å². The van der Waals surface area contributed by atoms with Crippen LogP contribution in [0.15, 0.2) is 59.9 Å². The molecule has 188 valence electrons. The maximum Gasteiger partial charge on any atom is 0.346 e. The third-order valence-corrected chi connectivity index (χ3v) is 6.20. The lowest BCUT2D eigenvalue weighted by Crippen LogP contribution is -2.31. The first-order chi connectivity index (χ1) is 16.7. The summed E-state index contributed by atoms with van der Waals surface area (Å²) in [5, 5.41) is 3.23. The summed E-state index contributed by atoms with van der Waals surface area (Å²) in [7, 11) is 0. The molecule has 0 aromatic heterocycles. The molecule has 1 fully saturated rings. The van der Waals surface area contributed by atoms with Crippen molar-refractivity contribution >= 4 is 17.4 Å². The Bertz CT molecular complexity index is 1020. The van der Waals surface area contributed by atoms with Gasteiger partial charge in [-0.3, -0.25) is 4.79 Å². The summed E-state index contributed by atoms with van der Waals surface area (Å²) in [5.74, 6) is -0.912. The van der Waals surface area contributed by atoms with Crippen molar-refractivity contribution in [3.05, 3.63) is 76.9 Å². The number of hydrogen-bond donors (Lipinski definition) is 1. The molecule has 0 aliphatic carbocycles. The van der Waals surface area contributed by atoms with Crippen LogP contribution in [0.25, 0.3) is 0 Å². The van der Waals surface area contributed by atoms with Gasteiger partial charge >= 0.3 is 5.97 Å². The molecule has 1 aliphatic rings. The Kier molecular flexibility index (Phi) is 9.07. The quantitative estimate of drug-likeness (QED) is 0.176. The van der Waals surface area contributed by atoms with Crippen molar-refractivity contribution in [3.63, 3.8) is 0 Å². The van der Waals surface area contributed by atoms with Crippen LogP contribution in [-0.2, 0) is 26.3 Å². The highest BCUT2D eigenvalue weighted by Gasteiger charge is 2.34. The summed E-state index contributed by atoms with van der Waals surface area (Å²) in [5.41, 5.74) is 2.98. The zero-order valence-electron chi connectivity index (χ0n) is 21.3. The Morgan fingerprint density at radius 1 is 0.971 bits per heavy atom. The predicted molar refractivity (Wildman–Crippen MR) is 137 cm³/mol. The molecule has 0 spiro atoms. The SMILES string of the molecule is CCCCCCCN(Cc1ccc(C(C)(C)C)cc1)C(Nc1ccc(F)cc1)=C1C(=O)COC1=O. The fourth-order valence-corrected chi connectivity index (χ4v) is 4.09. The number of halogens is 1. The van der Waals surface area contributed by atoms with Gasteiger partial charge in [-0.15, -0.1) is 0 Å². The van der Waals surface area contributed by atoms with Gasteiger partial charge in [0.1, 0.15) is 17.2 Å². The van der Waals surface area contributed by atoms with E-state index in [4.69, 9.17) is 4.74 Å². The first kappa shape index (κ1) is 26.5. The van der Waals surface area contributed by atoms with E-state index in [1.54, 1.807) is 12.1 Å². The Morgan fingerprint density at radius 2 is 1.63 bits per heavy atom. The van der Waals surface area contributed by atoms with E-state index in [1.165, 1.54) is 24.1 Å². The molecule has 0 unspecified atom stereocenters. The molecule has 1 N–H and O–H groups in total. The third kappa shape index (κ3) is 7.41. The Balaban J connectivity index is 1.94. The van der Waals surface area contributed by atoms with Crippen LogP contribution in [0.5, 0.6) is 0 Å². The highest BCUT2D eigenvalue weighted by Crippen LogP contribution is 2.26. The molecular weight excluding hydrogens is 443 g/mol. The number of nitrogens with zero attached hydrogens (tertiary/aromatic N) is 1. The topological polar surface area (TPSA) is 58.6 Å². The highest BCUT2D eigenvalue weighted by molar-refractivity contribution is 6.22. The van der Waals surface area contributed by atoms with Gasteiger partial charge in [0.2, 0.25) is 5.78 Å². The highest BCUT2D eigenvalue weighted by atomic mass is 19.1. The van der Waals surface area contributed by atoms with Gasteiger partial charge < -0.3 is 15.0 Å². The van der Waals surface area contributed by atoms with Gasteiger partial charge in [-0.1, -0.05) is 77.6 Å². The number of carbonyl (C=O) groups excluding carboxylic acids is 2. The van der Waals surface area contributed by atoms with E-state index < -0.39 is 5.97 Å². The van der Waals surface area contributed by atoms with Gasteiger partial charge in [0.05, 0.1) is 0 Å². The van der Waals surface area contributed by atoms with Crippen molar-refractivity contribution in [1.29, 1.82) is 0 Å². The number of anilines is 1. The normalized spacial score (nSPS) is 15.2. The van der Waals surface area contributed by atoms with Gasteiger partial charge in [-0.05, 0) is 47.2 Å². The predicted octanol–water partition coefficient (Wildman–Crippen LogP) is 6.35. The molecule has 1 aliphatic heterocycles. The fourth-order valence-electron chi connectivity index (χ4n) is 4.09. The number of benzene rings is 2. The van der Waals surface area contributed by atoms with Crippen LogP contribution in [-0.4, -0.2) is 29.8 Å². The number of carbonyl (C=O) groups is 2. The average Bonchev–Trinajstić information content (AvgIpc) is 3.15. The maximum atomic E-state index is 13.5. The van der Waals surface area contributed by atoms with Crippen LogP contribution < -0.4 is 5.32 Å². The second-order valence-corrected chi connectivity index (χ2v) is 10.1. The molecule has 6 heteroatoms. The molecule has 0 radical (unpaired) electrons. The van der Waals surface area contributed by atoms with E-state index in [9.17, 15) is 14.0 Å². The summed E-state index contributed by atoms with van der Waals surface area (Å²) in [6.07, 6.45) is 5.46. The first-order valence-corrected chi connectivity index (χ1v) is 12.5. The maximum absolute atomic E-state index is 13.5. The van der Waals surface area contributed by atoms with Crippen molar-refractivity contribution in [2.45, 2.75) is 71.8 Å². The molecule has 5 nitrogen and oxygen atoms in total. The Hall–Kier alpha value is -3.15. The lowest BCUT2D eigenvalue weighted by molar-refractivity contribution is -0.135. The summed E-state index contributed by atoms with van der Waals surface area (Å²) in [6.45, 7) is 9.64. The van der Waals surface area contributed by atoms with E-state index in [2.05, 4.69) is 57.3 Å². The van der Waals surface area contributed by atoms with Gasteiger partial charge in [0, 0.05) is 18.8 Å². The van der Waals surface area contributed by atoms with Gasteiger partial charge in [0.15, 0.2) is 6.61 Å². The van der Waals surface area contributed by atoms with Crippen molar-refractivity contribution in [2.24, 2.45) is 0 Å². The minimum Gasteiger partial charge on any atom is -0.453 e.